The molecule has 1 saturated heterocycles. The molecular formula is C14H19N7O6. The highest BCUT2D eigenvalue weighted by atomic mass is 16.6. The van der Waals surface area contributed by atoms with Crippen molar-refractivity contribution in [1.82, 2.24) is 35.5 Å². The lowest BCUT2D eigenvalue weighted by molar-refractivity contribution is -0.137. The number of ether oxygens (including phenoxy) is 1. The van der Waals surface area contributed by atoms with E-state index in [0.29, 0.717) is 0 Å². The normalized spacial score (nSPS) is 24.7. The molecule has 0 spiro atoms. The Labute approximate surface area is 151 Å². The maximum atomic E-state index is 12.2. The number of aliphatic hydroxyl groups is 2. The van der Waals surface area contributed by atoms with Gasteiger partial charge in [-0.3, -0.25) is 14.2 Å². The van der Waals surface area contributed by atoms with Gasteiger partial charge in [-0.1, -0.05) is 0 Å². The highest BCUT2D eigenvalue weighted by Gasteiger charge is 2.47. The Hall–Kier alpha value is -3.03. The number of hydrogen-bond acceptors (Lipinski definition) is 8. The van der Waals surface area contributed by atoms with Gasteiger partial charge in [-0.15, -0.1) is 0 Å². The summed E-state index contributed by atoms with van der Waals surface area (Å²) in [5.74, 6) is -0.655. The van der Waals surface area contributed by atoms with Crippen molar-refractivity contribution in [2.45, 2.75) is 24.5 Å². The van der Waals surface area contributed by atoms with Crippen LogP contribution in [0.1, 0.15) is 6.23 Å². The summed E-state index contributed by atoms with van der Waals surface area (Å²) in [5, 5.41) is 27.8. The van der Waals surface area contributed by atoms with E-state index in [4.69, 9.17) is 4.74 Å². The third kappa shape index (κ3) is 3.60. The molecule has 13 heteroatoms. The lowest BCUT2D eigenvalue weighted by Gasteiger charge is -2.16. The van der Waals surface area contributed by atoms with Crippen LogP contribution < -0.4 is 21.5 Å². The molecule has 3 amide bonds. The fourth-order valence-corrected chi connectivity index (χ4v) is 2.71. The second-order valence-corrected chi connectivity index (χ2v) is 5.78. The number of aromatic amines is 1. The number of H-pyrrole nitrogens is 1. The molecule has 0 saturated carbocycles. The van der Waals surface area contributed by atoms with E-state index in [9.17, 15) is 24.6 Å². The number of imidazole rings is 1. The minimum absolute atomic E-state index is 0.0379. The van der Waals surface area contributed by atoms with Crippen molar-refractivity contribution in [2.24, 2.45) is 0 Å². The van der Waals surface area contributed by atoms with Gasteiger partial charge in [0.15, 0.2) is 23.5 Å². The van der Waals surface area contributed by atoms with Gasteiger partial charge in [-0.25, -0.2) is 14.8 Å². The van der Waals surface area contributed by atoms with E-state index in [1.54, 1.807) is 0 Å². The molecule has 6 N–H and O–H groups in total. The van der Waals surface area contributed by atoms with Crippen LogP contribution in [0.2, 0.25) is 0 Å². The van der Waals surface area contributed by atoms with Crippen LogP contribution in [0, 0.1) is 0 Å². The molecule has 0 unspecified atom stereocenters. The average molecular weight is 381 g/mol. The van der Waals surface area contributed by atoms with E-state index in [2.05, 4.69) is 30.9 Å². The van der Waals surface area contributed by atoms with Gasteiger partial charge < -0.3 is 35.9 Å². The van der Waals surface area contributed by atoms with Crippen molar-refractivity contribution >= 4 is 23.1 Å². The Morgan fingerprint density at radius 3 is 2.74 bits per heavy atom. The Kier molecular flexibility index (Phi) is 5.34. The van der Waals surface area contributed by atoms with Crippen LogP contribution in [0.15, 0.2) is 17.4 Å². The van der Waals surface area contributed by atoms with E-state index in [1.807, 2.05) is 0 Å². The van der Waals surface area contributed by atoms with Crippen molar-refractivity contribution in [3.05, 3.63) is 23.0 Å². The minimum atomic E-state index is -1.50. The second-order valence-electron chi connectivity index (χ2n) is 5.78. The number of aromatic nitrogens is 4. The van der Waals surface area contributed by atoms with E-state index in [-0.39, 0.29) is 24.3 Å². The summed E-state index contributed by atoms with van der Waals surface area (Å²) >= 11 is 0. The number of hydrogen-bond donors (Lipinski definition) is 6. The van der Waals surface area contributed by atoms with Crippen molar-refractivity contribution < 1.29 is 24.5 Å². The molecule has 4 atom stereocenters. The van der Waals surface area contributed by atoms with Gasteiger partial charge in [0, 0.05) is 20.1 Å². The number of aliphatic hydroxyl groups excluding tert-OH is 2. The Morgan fingerprint density at radius 2 is 2.00 bits per heavy atom. The molecule has 3 heterocycles. The zero-order valence-electron chi connectivity index (χ0n) is 14.2. The quantitative estimate of drug-likeness (QED) is 0.292. The predicted molar refractivity (Wildman–Crippen MR) is 89.5 cm³/mol. The second kappa shape index (κ2) is 7.69. The first-order valence-electron chi connectivity index (χ1n) is 8.09. The van der Waals surface area contributed by atoms with Gasteiger partial charge in [-0.2, -0.15) is 0 Å². The lowest BCUT2D eigenvalue weighted by atomic mass is 10.1. The van der Waals surface area contributed by atoms with Crippen LogP contribution in [-0.2, 0) is 9.53 Å². The summed E-state index contributed by atoms with van der Waals surface area (Å²) in [4.78, 5) is 45.3. The molecule has 146 valence electrons. The molecule has 1 aliphatic heterocycles. The van der Waals surface area contributed by atoms with Gasteiger partial charge in [-0.05, 0) is 0 Å². The molecule has 0 bridgehead atoms. The number of carbonyl (C=O) groups is 2. The largest absolute Gasteiger partial charge is 0.387 e. The highest BCUT2D eigenvalue weighted by Crippen LogP contribution is 2.30. The molecule has 1 aliphatic rings. The number of nitrogens with zero attached hydrogens (tertiary/aromatic N) is 3. The van der Waals surface area contributed by atoms with Crippen LogP contribution in [0.4, 0.5) is 4.79 Å². The summed E-state index contributed by atoms with van der Waals surface area (Å²) in [6.07, 6.45) is -3.03. The zero-order chi connectivity index (χ0) is 19.6. The van der Waals surface area contributed by atoms with Gasteiger partial charge in [0.25, 0.3) is 11.5 Å². The van der Waals surface area contributed by atoms with E-state index in [0.717, 1.165) is 0 Å². The number of amides is 3. The molecule has 2 aromatic heterocycles. The zero-order valence-corrected chi connectivity index (χ0v) is 14.2. The minimum Gasteiger partial charge on any atom is -0.387 e. The Morgan fingerprint density at radius 1 is 1.26 bits per heavy atom. The first-order valence-corrected chi connectivity index (χ1v) is 8.09. The van der Waals surface area contributed by atoms with Crippen LogP contribution in [0.25, 0.3) is 11.2 Å². The molecular weight excluding hydrogens is 362 g/mol. The molecule has 2 aromatic rings. The fraction of sp³-hybridized carbons (Fsp3) is 0.500. The summed E-state index contributed by atoms with van der Waals surface area (Å²) in [6.45, 7) is 0.267. The number of nitrogens with one attached hydrogen (secondary N) is 4. The van der Waals surface area contributed by atoms with Gasteiger partial charge in [0.2, 0.25) is 0 Å². The summed E-state index contributed by atoms with van der Waals surface area (Å²) < 4.78 is 6.78. The summed E-state index contributed by atoms with van der Waals surface area (Å²) in [5.41, 5.74) is -0.286. The average Bonchev–Trinajstić information content (AvgIpc) is 3.21. The van der Waals surface area contributed by atoms with Gasteiger partial charge >= 0.3 is 6.03 Å². The first kappa shape index (κ1) is 18.8. The van der Waals surface area contributed by atoms with Crippen LogP contribution in [0.5, 0.6) is 0 Å². The van der Waals surface area contributed by atoms with Gasteiger partial charge in [0.1, 0.15) is 12.2 Å². The van der Waals surface area contributed by atoms with Crippen LogP contribution >= 0.6 is 0 Å². The van der Waals surface area contributed by atoms with Crippen molar-refractivity contribution in [3.63, 3.8) is 0 Å². The maximum absolute atomic E-state index is 12.2. The molecule has 0 radical (unpaired) electrons. The first-order chi connectivity index (χ1) is 12.9. The topological polar surface area (TPSA) is 183 Å². The third-order valence-corrected chi connectivity index (χ3v) is 4.07. The van der Waals surface area contributed by atoms with Crippen LogP contribution in [-0.4, -0.2) is 80.1 Å². The SMILES string of the molecule is CNC(=O)NCCNC(=O)[C@H]1O[C@@H](n2cnc3c(=O)[nH]cnc32)[C@H](O)[C@@H]1O. The fourth-order valence-electron chi connectivity index (χ4n) is 2.71. The van der Waals surface area contributed by atoms with Crippen molar-refractivity contribution in [1.29, 1.82) is 0 Å². The van der Waals surface area contributed by atoms with Gasteiger partial charge in [0.05, 0.1) is 12.7 Å². The summed E-state index contributed by atoms with van der Waals surface area (Å²) in [7, 11) is 1.46. The molecule has 0 aromatic carbocycles. The lowest BCUT2D eigenvalue weighted by Crippen LogP contribution is -2.45. The smallest absolute Gasteiger partial charge is 0.314 e. The molecule has 0 aliphatic carbocycles. The predicted octanol–water partition coefficient (Wildman–Crippen LogP) is -3.22. The molecule has 3 rings (SSSR count). The highest BCUT2D eigenvalue weighted by molar-refractivity contribution is 5.82. The molecule has 1 fully saturated rings. The molecule has 13 nitrogen and oxygen atoms in total. The molecule has 27 heavy (non-hydrogen) atoms. The van der Waals surface area contributed by atoms with Crippen LogP contribution in [0.3, 0.4) is 0 Å². The maximum Gasteiger partial charge on any atom is 0.314 e. The standard InChI is InChI=1S/C14H19N7O6/c1-15-14(26)17-3-2-16-12(25)9-7(22)8(23)13(27-9)21-5-20-6-10(21)18-4-19-11(6)24/h4-5,7-9,13,22-23H,2-3H2,1H3,(H,16,25)(H2,15,17,26)(H,18,19,24)/t7-,8+,9-,13+/m0/s1. The van der Waals surface area contributed by atoms with E-state index < -0.39 is 42.0 Å². The third-order valence-electron chi connectivity index (χ3n) is 4.07. The Bertz CT molecular complexity index is 895. The van der Waals surface area contributed by atoms with Crippen molar-refractivity contribution in [3.8, 4) is 0 Å². The van der Waals surface area contributed by atoms with Crippen molar-refractivity contribution in [2.75, 3.05) is 20.1 Å². The number of rotatable bonds is 5. The van der Waals surface area contributed by atoms with E-state index in [1.165, 1.54) is 24.3 Å². The monoisotopic (exact) mass is 381 g/mol. The Balaban J connectivity index is 1.68. The summed E-state index contributed by atoms with van der Waals surface area (Å²) in [6, 6.07) is -0.397. The number of carbonyl (C=O) groups excluding carboxylic acids is 2. The van der Waals surface area contributed by atoms with E-state index >= 15 is 0 Å². The number of urea groups is 1. The number of fused-ring (bicyclic) bond motifs is 1.